The van der Waals surface area contributed by atoms with Gasteiger partial charge in [0.1, 0.15) is 55.2 Å². The molecule has 1 unspecified atom stereocenters. The molecule has 10 heterocycles. The zero-order valence-corrected chi connectivity index (χ0v) is 68.1. The number of aliphatic imine (C=N–C) groups is 3. The van der Waals surface area contributed by atoms with Gasteiger partial charge in [-0.05, 0) is 66.8 Å². The quantitative estimate of drug-likeness (QED) is 0.00976. The van der Waals surface area contributed by atoms with Crippen LogP contribution < -0.4 is 31.9 Å². The summed E-state index contributed by atoms with van der Waals surface area (Å²) in [7, 11) is 11.9. The summed E-state index contributed by atoms with van der Waals surface area (Å²) >= 11 is 38.6. The first-order chi connectivity index (χ1) is 52.7. The molecule has 10 rings (SSSR count). The lowest BCUT2D eigenvalue weighted by Crippen LogP contribution is -2.49. The number of hydrogen-bond donors (Lipinski definition) is 6. The molecule has 604 valence electrons. The standard InChI is InChI=1S/C11H15ClN4O2.C10H13ClN4.C10H11ClN4.C10H12ClN3S.C8H10ClN5O3S.C7H14N4O3.C6H8ClN5O2S.CH4/c1-3-15(11(13-2)8-16(17)18)7-9-4-5-10(12)14-6-9;1-12-10-13-4-5-15(10)7-8-2-3-9(11)14-6-8;1-8(14-7-12)15(2)6-9-3-4-10(11)13-5-9;1-12-10-14(4-5-15-10)7-8-2-3-9(11)13-6-8;1-12-4-17-5-13(8(12)11-14(15)16)3-6-2-10-7(9)18-6;1-8-7(10-11(12)13)9-4-6-2-3-14-5-6;1-8-6(11-12(13)14)10-3-4-2-9-5(7)15-4;/h4-6,8,13H,3,7H2,1-2H3;2-3,6H,4-5,7H2,1H3,(H,12,13);3-5H,6H2,1-2H3;2-3,6H,4-5,7H2,1H3;2H,3-5H2,1H3;6H,2-5H2,1H3,(H2,8,9,10);2H,3H2,1H3,(H2,8,10,11);1H4/b11-8+;;;;11-8+;;;. The van der Waals surface area contributed by atoms with E-state index in [4.69, 9.17) is 84.3 Å². The molecule has 0 radical (unpaired) electrons. The fourth-order valence-corrected chi connectivity index (χ4v) is 12.5. The summed E-state index contributed by atoms with van der Waals surface area (Å²) in [5.74, 6) is 4.14. The summed E-state index contributed by atoms with van der Waals surface area (Å²) in [5.41, 5.74) is 4.27. The van der Waals surface area contributed by atoms with Crippen LogP contribution in [0.4, 0.5) is 0 Å². The second kappa shape index (κ2) is 53.3. The number of thioether (sulfide) groups is 1. The van der Waals surface area contributed by atoms with Gasteiger partial charge in [-0.15, -0.1) is 22.7 Å². The van der Waals surface area contributed by atoms with Gasteiger partial charge in [0, 0.05) is 173 Å². The van der Waals surface area contributed by atoms with Crippen LogP contribution in [-0.2, 0) is 48.7 Å². The number of guanidine groups is 4. The summed E-state index contributed by atoms with van der Waals surface area (Å²) in [6.07, 6.45) is 13.9. The Morgan fingerprint density at radius 2 is 1.23 bits per heavy atom. The van der Waals surface area contributed by atoms with Crippen molar-refractivity contribution in [2.24, 2.45) is 36.2 Å². The number of thiazole rings is 2. The van der Waals surface area contributed by atoms with Gasteiger partial charge in [0.15, 0.2) is 41.0 Å². The van der Waals surface area contributed by atoms with Gasteiger partial charge in [-0.3, -0.25) is 20.1 Å². The predicted molar refractivity (Wildman–Crippen MR) is 436 cm³/mol. The first-order valence-corrected chi connectivity index (χ1v) is 37.6. The molecule has 4 saturated heterocycles. The van der Waals surface area contributed by atoms with E-state index in [0.717, 1.165) is 95.3 Å². The summed E-state index contributed by atoms with van der Waals surface area (Å²) in [6, 6.07) is 14.8. The van der Waals surface area contributed by atoms with Crippen LogP contribution in [0.15, 0.2) is 128 Å². The Kier molecular flexibility index (Phi) is 45.8. The Morgan fingerprint density at radius 1 is 0.694 bits per heavy atom. The largest absolute Gasteiger partial charge is 0.381 e. The van der Waals surface area contributed by atoms with Gasteiger partial charge in [0.25, 0.3) is 24.1 Å². The molecule has 0 amide bonds. The number of halogens is 6. The molecule has 111 heavy (non-hydrogen) atoms. The molecule has 0 bridgehead atoms. The summed E-state index contributed by atoms with van der Waals surface area (Å²) in [5, 5.41) is 76.8. The normalized spacial score (nSPS) is 15.6. The van der Waals surface area contributed by atoms with Crippen molar-refractivity contribution in [3.05, 3.63) is 200 Å². The molecule has 39 nitrogen and oxygen atoms in total. The zero-order valence-electron chi connectivity index (χ0n) is 61.1. The van der Waals surface area contributed by atoms with Crippen molar-refractivity contribution in [1.82, 2.24) is 91.2 Å². The zero-order chi connectivity index (χ0) is 80.9. The topological polar surface area (TPSA) is 458 Å². The maximum absolute atomic E-state index is 10.5. The Hall–Kier alpha value is -9.68. The fraction of sp³-hybridized carbons (Fsp3) is 0.444. The van der Waals surface area contributed by atoms with Crippen LogP contribution in [0.25, 0.3) is 0 Å². The molecule has 4 fully saturated rings. The molecule has 6 N–H and O–H groups in total. The van der Waals surface area contributed by atoms with Crippen LogP contribution in [0, 0.1) is 57.8 Å². The van der Waals surface area contributed by atoms with Gasteiger partial charge in [0.2, 0.25) is 6.19 Å². The number of nitrogens with zero attached hydrogens (tertiary/aromatic N) is 23. The fourth-order valence-electron chi connectivity index (χ4n) is 9.21. The summed E-state index contributed by atoms with van der Waals surface area (Å²) < 4.78 is 11.3. The van der Waals surface area contributed by atoms with Gasteiger partial charge in [-0.2, -0.15) is 10.3 Å². The maximum atomic E-state index is 10.5. The van der Waals surface area contributed by atoms with E-state index in [1.165, 1.54) is 35.3 Å². The number of hydrogen-bond acceptors (Lipinski definition) is 25. The number of nitriles is 1. The number of nitrogens with one attached hydrogen (secondary N) is 6. The first-order valence-electron chi connectivity index (χ1n) is 32.7. The van der Waals surface area contributed by atoms with E-state index in [1.54, 1.807) is 106 Å². The molecule has 4 aliphatic rings. The minimum atomic E-state index is -0.779. The van der Waals surface area contributed by atoms with Crippen molar-refractivity contribution >= 4 is 139 Å². The smallest absolute Gasteiger partial charge is 0.277 e. The van der Waals surface area contributed by atoms with Crippen LogP contribution in [0.2, 0.25) is 29.5 Å². The van der Waals surface area contributed by atoms with E-state index in [-0.39, 0.29) is 38.8 Å². The van der Waals surface area contributed by atoms with Gasteiger partial charge in [-0.25, -0.2) is 60.2 Å². The monoisotopic (exact) mass is 1720 g/mol. The van der Waals surface area contributed by atoms with Crippen LogP contribution >= 0.6 is 104 Å². The van der Waals surface area contributed by atoms with Crippen molar-refractivity contribution in [3.8, 4) is 6.19 Å². The average molecular weight is 1720 g/mol. The number of nitro groups is 4. The molecule has 0 aromatic carbocycles. The highest BCUT2D eigenvalue weighted by atomic mass is 35.5. The minimum absolute atomic E-state index is 0. The SMILES string of the molecule is C.CC(=NC#N)N(C)Cc1ccc(Cl)nc1.CCN(Cc1ccc(Cl)nc1)/C(=C/[N+](=O)[O-])NC.CN/C(=N\[N+](=O)[O-])NCC1CCOC1.CN/C(=N\[N+](=O)[O-])NCc1cnc(Cl)s1.CN1COCN(Cc2cnc(Cl)s2)/C1=N/[N+](=O)[O-].CN=C1NCCN1Cc1ccc(Cl)nc1.CN=C1SCCN1Cc1ccc(Cl)nc1. The van der Waals surface area contributed by atoms with E-state index >= 15 is 0 Å². The van der Waals surface area contributed by atoms with E-state index < -0.39 is 20.0 Å². The number of amidine groups is 2. The molecule has 6 aromatic heterocycles. The molecule has 1 atom stereocenters. The van der Waals surface area contributed by atoms with Gasteiger partial charge in [-0.1, -0.05) is 113 Å². The third-order valence-corrected chi connectivity index (χ3v) is 18.7. The molecule has 0 spiro atoms. The van der Waals surface area contributed by atoms with E-state index in [9.17, 15) is 40.5 Å². The second-order valence-electron chi connectivity index (χ2n) is 22.3. The lowest BCUT2D eigenvalue weighted by Gasteiger charge is -2.34. The highest BCUT2D eigenvalue weighted by Gasteiger charge is 2.26. The van der Waals surface area contributed by atoms with Crippen molar-refractivity contribution < 1.29 is 29.5 Å². The average Bonchev–Trinajstić information content (AvgIpc) is 1.81. The van der Waals surface area contributed by atoms with E-state index in [2.05, 4.69) is 102 Å². The molecule has 48 heteroatoms. The van der Waals surface area contributed by atoms with Gasteiger partial charge >= 0.3 is 0 Å². The molecule has 0 aliphatic carbocycles. The van der Waals surface area contributed by atoms with Crippen molar-refractivity contribution in [3.63, 3.8) is 0 Å². The van der Waals surface area contributed by atoms with Crippen LogP contribution in [0.3, 0.4) is 0 Å². The highest BCUT2D eigenvalue weighted by Crippen LogP contribution is 2.23. The maximum Gasteiger partial charge on any atom is 0.277 e. The van der Waals surface area contributed by atoms with Crippen LogP contribution in [-0.4, -0.2) is 229 Å². The predicted octanol–water partition coefficient (Wildman–Crippen LogP) is 9.01. The third-order valence-electron chi connectivity index (χ3n) is 14.5. The van der Waals surface area contributed by atoms with Gasteiger partial charge in [0.05, 0.1) is 24.6 Å². The Morgan fingerprint density at radius 3 is 1.68 bits per heavy atom. The Balaban J connectivity index is 0.000000336. The van der Waals surface area contributed by atoms with Crippen molar-refractivity contribution in [2.75, 3.05) is 114 Å². The van der Waals surface area contributed by atoms with Crippen LogP contribution in [0.1, 0.15) is 59.7 Å². The molecular weight excluding hydrogens is 1630 g/mol. The summed E-state index contributed by atoms with van der Waals surface area (Å²) in [4.78, 5) is 89.7. The van der Waals surface area contributed by atoms with Crippen molar-refractivity contribution in [1.29, 1.82) is 5.26 Å². The Bertz CT molecular complexity index is 4010. The van der Waals surface area contributed by atoms with E-state index in [0.29, 0.717) is 93.0 Å². The molecular formula is C63H87Cl6N29O10S3. The van der Waals surface area contributed by atoms with Crippen molar-refractivity contribution in [2.45, 2.75) is 67.0 Å². The van der Waals surface area contributed by atoms with Crippen LogP contribution in [0.5, 0.6) is 0 Å². The number of hydrazone groups is 3. The minimum Gasteiger partial charge on any atom is -0.381 e. The lowest BCUT2D eigenvalue weighted by molar-refractivity contribution is -0.486. The first kappa shape index (κ1) is 95.5. The number of aromatic nitrogens is 6. The Labute approximate surface area is 683 Å². The third kappa shape index (κ3) is 38.7. The number of rotatable bonds is 21. The van der Waals surface area contributed by atoms with E-state index in [1.807, 2.05) is 73.4 Å². The lowest BCUT2D eigenvalue weighted by atomic mass is 10.1. The number of ether oxygens (including phenoxy) is 2. The highest BCUT2D eigenvalue weighted by molar-refractivity contribution is 8.14. The molecule has 4 aliphatic heterocycles. The second-order valence-corrected chi connectivity index (χ2v) is 28.3. The number of pyridine rings is 4. The summed E-state index contributed by atoms with van der Waals surface area (Å²) in [6.45, 7) is 13.7. The van der Waals surface area contributed by atoms with Gasteiger partial charge < -0.3 is 70.8 Å². The molecule has 6 aromatic rings. The molecule has 0 saturated carbocycles.